The molecule has 2 aliphatic rings. The van der Waals surface area contributed by atoms with Gasteiger partial charge in [0.2, 0.25) is 0 Å². The van der Waals surface area contributed by atoms with Crippen molar-refractivity contribution < 1.29 is 0 Å². The Labute approximate surface area is 204 Å². The number of nitriles is 1. The zero-order chi connectivity index (χ0) is 23.3. The highest BCUT2D eigenvalue weighted by molar-refractivity contribution is 5.26. The van der Waals surface area contributed by atoms with E-state index in [1.54, 1.807) is 17.2 Å². The predicted octanol–water partition coefficient (Wildman–Crippen LogP) is 9.70. The van der Waals surface area contributed by atoms with E-state index in [0.717, 1.165) is 30.1 Å². The zero-order valence-corrected chi connectivity index (χ0v) is 21.2. The topological polar surface area (TPSA) is 23.8 Å². The molecule has 33 heavy (non-hydrogen) atoms. The third-order valence-corrected chi connectivity index (χ3v) is 8.58. The maximum absolute atomic E-state index is 8.62. The molecule has 0 atom stereocenters. The van der Waals surface area contributed by atoms with Gasteiger partial charge in [-0.1, -0.05) is 75.1 Å². The molecule has 180 valence electrons. The average molecular weight is 446 g/mol. The van der Waals surface area contributed by atoms with Crippen molar-refractivity contribution in [3.05, 3.63) is 59.7 Å². The van der Waals surface area contributed by atoms with Gasteiger partial charge in [-0.3, -0.25) is 0 Å². The van der Waals surface area contributed by atoms with Gasteiger partial charge in [0, 0.05) is 6.08 Å². The Bertz CT molecular complexity index is 749. The average Bonchev–Trinajstić information content (AvgIpc) is 2.87. The van der Waals surface area contributed by atoms with Crippen molar-refractivity contribution >= 4 is 0 Å². The van der Waals surface area contributed by atoms with Crippen molar-refractivity contribution in [1.82, 2.24) is 0 Å². The van der Waals surface area contributed by atoms with E-state index in [9.17, 15) is 0 Å². The van der Waals surface area contributed by atoms with Gasteiger partial charge >= 0.3 is 0 Å². The minimum Gasteiger partial charge on any atom is -0.193 e. The zero-order valence-electron chi connectivity index (χ0n) is 21.2. The summed E-state index contributed by atoms with van der Waals surface area (Å²) in [7, 11) is 0. The number of rotatable bonds is 12. The molecule has 0 unspecified atom stereocenters. The quantitative estimate of drug-likeness (QED) is 0.178. The lowest BCUT2D eigenvalue weighted by Crippen LogP contribution is -2.22. The Morgan fingerprint density at radius 1 is 0.909 bits per heavy atom. The van der Waals surface area contributed by atoms with Gasteiger partial charge in [0.05, 0.1) is 6.07 Å². The van der Waals surface area contributed by atoms with Crippen molar-refractivity contribution in [2.24, 2.45) is 17.8 Å². The van der Waals surface area contributed by atoms with Crippen LogP contribution in [0.15, 0.2) is 48.6 Å². The molecule has 0 bridgehead atoms. The SMILES string of the molecule is C=C(C1CCC(CCC=CC#N)CC1)C1CCC(c2ccc(CCCCCCC)cc2)CC1. The lowest BCUT2D eigenvalue weighted by Gasteiger charge is -2.36. The summed E-state index contributed by atoms with van der Waals surface area (Å²) < 4.78 is 0. The summed E-state index contributed by atoms with van der Waals surface area (Å²) in [6.07, 6.45) is 24.8. The molecule has 1 nitrogen and oxygen atoms in total. The summed E-state index contributed by atoms with van der Waals surface area (Å²) in [6, 6.07) is 11.7. The first-order valence-electron chi connectivity index (χ1n) is 14.0. The van der Waals surface area contributed by atoms with Crippen LogP contribution in [0.3, 0.4) is 0 Å². The molecule has 0 saturated heterocycles. The van der Waals surface area contributed by atoms with Crippen LogP contribution >= 0.6 is 0 Å². The molecule has 0 amide bonds. The van der Waals surface area contributed by atoms with Crippen molar-refractivity contribution in [1.29, 1.82) is 5.26 Å². The second-order valence-corrected chi connectivity index (χ2v) is 10.9. The summed E-state index contributed by atoms with van der Waals surface area (Å²) in [5.74, 6) is 3.12. The first-order valence-corrected chi connectivity index (χ1v) is 14.0. The lowest BCUT2D eigenvalue weighted by atomic mass is 9.69. The highest BCUT2D eigenvalue weighted by atomic mass is 14.3. The minimum atomic E-state index is 0.753. The van der Waals surface area contributed by atoms with E-state index in [0.29, 0.717) is 0 Å². The van der Waals surface area contributed by atoms with Gasteiger partial charge in [-0.05, 0) is 112 Å². The summed E-state index contributed by atoms with van der Waals surface area (Å²) in [6.45, 7) is 6.91. The maximum Gasteiger partial charge on any atom is 0.0908 e. The van der Waals surface area contributed by atoms with E-state index in [1.807, 2.05) is 6.08 Å². The molecule has 1 heteroatoms. The van der Waals surface area contributed by atoms with Crippen LogP contribution in [0.1, 0.15) is 120 Å². The second kappa shape index (κ2) is 14.5. The van der Waals surface area contributed by atoms with Gasteiger partial charge in [0.25, 0.3) is 0 Å². The van der Waals surface area contributed by atoms with E-state index in [-0.39, 0.29) is 0 Å². The summed E-state index contributed by atoms with van der Waals surface area (Å²) in [5.41, 5.74) is 4.67. The third-order valence-electron chi connectivity index (χ3n) is 8.58. The van der Waals surface area contributed by atoms with Gasteiger partial charge in [0.15, 0.2) is 0 Å². The number of allylic oxidation sites excluding steroid dienone is 3. The predicted molar refractivity (Wildman–Crippen MR) is 142 cm³/mol. The van der Waals surface area contributed by atoms with E-state index in [4.69, 9.17) is 5.26 Å². The van der Waals surface area contributed by atoms with Gasteiger partial charge in [-0.15, -0.1) is 0 Å². The van der Waals surface area contributed by atoms with Crippen molar-refractivity contribution in [2.75, 3.05) is 0 Å². The molecule has 2 saturated carbocycles. The van der Waals surface area contributed by atoms with Crippen molar-refractivity contribution in [3.8, 4) is 6.07 Å². The van der Waals surface area contributed by atoms with Crippen LogP contribution in [0.5, 0.6) is 0 Å². The van der Waals surface area contributed by atoms with Crippen LogP contribution < -0.4 is 0 Å². The Balaban J connectivity index is 1.36. The van der Waals surface area contributed by atoms with E-state index < -0.39 is 0 Å². The van der Waals surface area contributed by atoms with E-state index >= 15 is 0 Å². The highest BCUT2D eigenvalue weighted by Crippen LogP contribution is 2.44. The number of hydrogen-bond acceptors (Lipinski definition) is 1. The molecule has 1 aromatic rings. The molecule has 0 radical (unpaired) electrons. The normalized spacial score (nSPS) is 25.7. The number of benzene rings is 1. The van der Waals surface area contributed by atoms with E-state index in [2.05, 4.69) is 43.8 Å². The van der Waals surface area contributed by atoms with Gasteiger partial charge in [0.1, 0.15) is 0 Å². The second-order valence-electron chi connectivity index (χ2n) is 10.9. The lowest BCUT2D eigenvalue weighted by molar-refractivity contribution is 0.260. The fourth-order valence-electron chi connectivity index (χ4n) is 6.31. The molecule has 2 aliphatic carbocycles. The van der Waals surface area contributed by atoms with Crippen molar-refractivity contribution in [3.63, 3.8) is 0 Å². The largest absolute Gasteiger partial charge is 0.193 e. The molecule has 0 heterocycles. The van der Waals surface area contributed by atoms with Crippen LogP contribution in [-0.2, 0) is 6.42 Å². The Kier molecular flexibility index (Phi) is 11.3. The molecule has 2 fully saturated rings. The molecule has 1 aromatic carbocycles. The van der Waals surface area contributed by atoms with Gasteiger partial charge in [-0.25, -0.2) is 0 Å². The Morgan fingerprint density at radius 3 is 2.18 bits per heavy atom. The van der Waals surface area contributed by atoms with Crippen LogP contribution in [0.4, 0.5) is 0 Å². The first kappa shape index (κ1) is 25.8. The number of nitrogens with zero attached hydrogens (tertiary/aromatic N) is 1. The smallest absolute Gasteiger partial charge is 0.0908 e. The monoisotopic (exact) mass is 445 g/mol. The molecular weight excluding hydrogens is 398 g/mol. The maximum atomic E-state index is 8.62. The third kappa shape index (κ3) is 8.48. The fourth-order valence-corrected chi connectivity index (χ4v) is 6.31. The Morgan fingerprint density at radius 2 is 1.55 bits per heavy atom. The number of unbranched alkanes of at least 4 members (excludes halogenated alkanes) is 4. The summed E-state index contributed by atoms with van der Waals surface area (Å²) in [5, 5.41) is 8.62. The van der Waals surface area contributed by atoms with Gasteiger partial charge in [-0.2, -0.15) is 5.26 Å². The molecule has 0 N–H and O–H groups in total. The van der Waals surface area contributed by atoms with Gasteiger partial charge < -0.3 is 0 Å². The summed E-state index contributed by atoms with van der Waals surface area (Å²) in [4.78, 5) is 0. The molecule has 3 rings (SSSR count). The van der Waals surface area contributed by atoms with Crippen LogP contribution in [-0.4, -0.2) is 0 Å². The minimum absolute atomic E-state index is 0.753. The van der Waals surface area contributed by atoms with Crippen LogP contribution in [0.2, 0.25) is 0 Å². The molecular formula is C32H47N. The van der Waals surface area contributed by atoms with Crippen LogP contribution in [0, 0.1) is 29.1 Å². The summed E-state index contributed by atoms with van der Waals surface area (Å²) >= 11 is 0. The number of hydrogen-bond donors (Lipinski definition) is 0. The van der Waals surface area contributed by atoms with E-state index in [1.165, 1.54) is 102 Å². The molecule has 0 spiro atoms. The highest BCUT2D eigenvalue weighted by Gasteiger charge is 2.29. The molecule has 0 aliphatic heterocycles. The first-order chi connectivity index (χ1) is 16.2. The van der Waals surface area contributed by atoms with Crippen molar-refractivity contribution in [2.45, 2.75) is 116 Å². The van der Waals surface area contributed by atoms with Crippen LogP contribution in [0.25, 0.3) is 0 Å². The number of aryl methyl sites for hydroxylation is 1. The standard InChI is InChI=1S/C32H47N/c1-3-4-5-6-8-11-28-15-19-31(20-16-28)32-23-21-30(22-24-32)26(2)29-17-13-27(14-18-29)12-9-7-10-25-33/h7,10,15-16,19-20,27,29-30,32H,2-6,8-9,11-14,17-18,21-24H2,1H3. The fraction of sp³-hybridized carbons (Fsp3) is 0.656. The Hall–Kier alpha value is -1.81. The molecule has 0 aromatic heterocycles.